The maximum absolute atomic E-state index is 12.7. The molecule has 1 aromatic rings. The van der Waals surface area contributed by atoms with Gasteiger partial charge in [0.25, 0.3) is 5.91 Å². The van der Waals surface area contributed by atoms with E-state index in [-0.39, 0.29) is 17.6 Å². The largest absolute Gasteiger partial charge is 0.494 e. The van der Waals surface area contributed by atoms with Crippen LogP contribution in [-0.4, -0.2) is 55.4 Å². The molecule has 1 atom stereocenters. The topological polar surface area (TPSA) is 48.0 Å². The zero-order valence-electron chi connectivity index (χ0n) is 14.9. The van der Waals surface area contributed by atoms with Crippen LogP contribution in [0.2, 0.25) is 0 Å². The molecule has 25 heavy (non-hydrogen) atoms. The van der Waals surface area contributed by atoms with Gasteiger partial charge in [-0.2, -0.15) is 0 Å². The lowest BCUT2D eigenvalue weighted by molar-refractivity contribution is -0.186. The molecule has 2 aliphatic heterocycles. The highest BCUT2D eigenvalue weighted by atomic mass is 16.5. The number of hydrogen-bond donors (Lipinski definition) is 0. The third kappa shape index (κ3) is 3.82. The van der Waals surface area contributed by atoms with E-state index in [4.69, 9.17) is 14.2 Å². The van der Waals surface area contributed by atoms with E-state index in [1.54, 1.807) is 0 Å². The number of carbonyl (C=O) groups excluding carboxylic acids is 1. The highest BCUT2D eigenvalue weighted by Crippen LogP contribution is 2.37. The molecule has 0 unspecified atom stereocenters. The standard InChI is InChI=1S/C20H27NO4/c1-2-23-17-5-3-4-16(10-17)19(22)21-13-20(14-21)11-18(8-9-25-20)24-12-15-6-7-15/h3-5,10,15,18H,2,6-9,11-14H2,1H3/t18-/m1/s1. The van der Waals surface area contributed by atoms with Gasteiger partial charge in [-0.25, -0.2) is 0 Å². The normalized spacial score (nSPS) is 24.8. The minimum absolute atomic E-state index is 0.0526. The van der Waals surface area contributed by atoms with E-state index >= 15 is 0 Å². The molecule has 1 saturated carbocycles. The van der Waals surface area contributed by atoms with Crippen LogP contribution in [0.5, 0.6) is 5.75 Å². The van der Waals surface area contributed by atoms with Crippen LogP contribution in [-0.2, 0) is 9.47 Å². The predicted molar refractivity (Wildman–Crippen MR) is 93.9 cm³/mol. The number of hydrogen-bond acceptors (Lipinski definition) is 4. The molecule has 1 aliphatic carbocycles. The smallest absolute Gasteiger partial charge is 0.254 e. The van der Waals surface area contributed by atoms with E-state index in [0.717, 1.165) is 37.7 Å². The number of amides is 1. The molecule has 1 spiro atoms. The SMILES string of the molecule is CCOc1cccc(C(=O)N2CC3(C[C@H](OCC4CC4)CCO3)C2)c1. The van der Waals surface area contributed by atoms with Crippen LogP contribution in [0.1, 0.15) is 43.0 Å². The quantitative estimate of drug-likeness (QED) is 0.795. The van der Waals surface area contributed by atoms with E-state index in [9.17, 15) is 4.79 Å². The van der Waals surface area contributed by atoms with Gasteiger partial charge in [0.2, 0.25) is 0 Å². The molecule has 1 amide bonds. The van der Waals surface area contributed by atoms with Crippen molar-refractivity contribution in [2.45, 2.75) is 44.3 Å². The van der Waals surface area contributed by atoms with Crippen LogP contribution >= 0.6 is 0 Å². The minimum atomic E-state index is -0.195. The second-order valence-electron chi connectivity index (χ2n) is 7.55. The molecule has 5 nitrogen and oxygen atoms in total. The second kappa shape index (κ2) is 6.96. The monoisotopic (exact) mass is 345 g/mol. The molecule has 0 radical (unpaired) electrons. The first-order valence-corrected chi connectivity index (χ1v) is 9.45. The summed E-state index contributed by atoms with van der Waals surface area (Å²) in [7, 11) is 0. The molecule has 4 rings (SSSR count). The molecular formula is C20H27NO4. The maximum atomic E-state index is 12.7. The lowest BCUT2D eigenvalue weighted by atomic mass is 9.84. The summed E-state index contributed by atoms with van der Waals surface area (Å²) < 4.78 is 17.6. The van der Waals surface area contributed by atoms with Crippen LogP contribution in [0.15, 0.2) is 24.3 Å². The highest BCUT2D eigenvalue weighted by molar-refractivity contribution is 5.95. The average Bonchev–Trinajstić information content (AvgIpc) is 3.42. The molecule has 0 aromatic heterocycles. The van der Waals surface area contributed by atoms with E-state index in [2.05, 4.69) is 0 Å². The minimum Gasteiger partial charge on any atom is -0.494 e. The van der Waals surface area contributed by atoms with Crippen molar-refractivity contribution in [1.82, 2.24) is 4.90 Å². The molecule has 3 fully saturated rings. The van der Waals surface area contributed by atoms with Gasteiger partial charge in [0.1, 0.15) is 11.4 Å². The summed E-state index contributed by atoms with van der Waals surface area (Å²) in [6.45, 7) is 5.49. The second-order valence-corrected chi connectivity index (χ2v) is 7.55. The Bertz CT molecular complexity index is 622. The van der Waals surface area contributed by atoms with Crippen LogP contribution in [0.25, 0.3) is 0 Å². The van der Waals surface area contributed by atoms with E-state index in [1.165, 1.54) is 12.8 Å². The summed E-state index contributed by atoms with van der Waals surface area (Å²) in [5.41, 5.74) is 0.484. The van der Waals surface area contributed by atoms with Crippen molar-refractivity contribution in [1.29, 1.82) is 0 Å². The van der Waals surface area contributed by atoms with Crippen molar-refractivity contribution in [2.24, 2.45) is 5.92 Å². The molecule has 5 heteroatoms. The summed E-state index contributed by atoms with van der Waals surface area (Å²) >= 11 is 0. The van der Waals surface area contributed by atoms with E-state index in [1.807, 2.05) is 36.1 Å². The number of carbonyl (C=O) groups is 1. The third-order valence-corrected chi connectivity index (χ3v) is 5.35. The Kier molecular flexibility index (Phi) is 4.69. The first kappa shape index (κ1) is 16.9. The summed E-state index contributed by atoms with van der Waals surface area (Å²) in [6, 6.07) is 7.41. The van der Waals surface area contributed by atoms with Crippen molar-refractivity contribution >= 4 is 5.91 Å². The Hall–Kier alpha value is -1.59. The Morgan fingerprint density at radius 2 is 2.16 bits per heavy atom. The van der Waals surface area contributed by atoms with Gasteiger partial charge in [-0.05, 0) is 50.3 Å². The Labute approximate surface area is 149 Å². The third-order valence-electron chi connectivity index (χ3n) is 5.35. The summed E-state index contributed by atoms with van der Waals surface area (Å²) in [5, 5.41) is 0. The van der Waals surface area contributed by atoms with E-state index in [0.29, 0.717) is 25.3 Å². The fourth-order valence-corrected chi connectivity index (χ4v) is 3.76. The van der Waals surface area contributed by atoms with Gasteiger partial charge < -0.3 is 19.1 Å². The molecule has 2 heterocycles. The fraction of sp³-hybridized carbons (Fsp3) is 0.650. The fourth-order valence-electron chi connectivity index (χ4n) is 3.76. The Morgan fingerprint density at radius 3 is 2.92 bits per heavy atom. The predicted octanol–water partition coefficient (Wildman–Crippen LogP) is 2.89. The van der Waals surface area contributed by atoms with Gasteiger partial charge in [-0.1, -0.05) is 6.07 Å². The van der Waals surface area contributed by atoms with Crippen LogP contribution < -0.4 is 4.74 Å². The number of nitrogens with zero attached hydrogens (tertiary/aromatic N) is 1. The summed E-state index contributed by atoms with van der Waals surface area (Å²) in [5.74, 6) is 1.58. The zero-order chi connectivity index (χ0) is 17.3. The van der Waals surface area contributed by atoms with Gasteiger partial charge in [-0.3, -0.25) is 4.79 Å². The molecule has 0 bridgehead atoms. The van der Waals surface area contributed by atoms with Crippen molar-refractivity contribution in [3.63, 3.8) is 0 Å². The number of ether oxygens (including phenoxy) is 3. The first-order chi connectivity index (χ1) is 12.2. The van der Waals surface area contributed by atoms with Crippen LogP contribution in [0, 0.1) is 5.92 Å². The first-order valence-electron chi connectivity index (χ1n) is 9.45. The van der Waals surface area contributed by atoms with Crippen molar-refractivity contribution < 1.29 is 19.0 Å². The molecule has 136 valence electrons. The highest BCUT2D eigenvalue weighted by Gasteiger charge is 2.49. The van der Waals surface area contributed by atoms with E-state index < -0.39 is 0 Å². The Morgan fingerprint density at radius 1 is 1.32 bits per heavy atom. The van der Waals surface area contributed by atoms with Crippen LogP contribution in [0.4, 0.5) is 0 Å². The summed E-state index contributed by atoms with van der Waals surface area (Å²) in [6.07, 6.45) is 4.80. The Balaban J connectivity index is 1.32. The van der Waals surface area contributed by atoms with Gasteiger partial charge >= 0.3 is 0 Å². The lowest BCUT2D eigenvalue weighted by Gasteiger charge is -2.53. The van der Waals surface area contributed by atoms with Crippen molar-refractivity contribution in [3.05, 3.63) is 29.8 Å². The van der Waals surface area contributed by atoms with Crippen LogP contribution in [0.3, 0.4) is 0 Å². The van der Waals surface area contributed by atoms with Gasteiger partial charge in [0.15, 0.2) is 0 Å². The molecule has 1 aromatic carbocycles. The maximum Gasteiger partial charge on any atom is 0.254 e. The van der Waals surface area contributed by atoms with Gasteiger partial charge in [0.05, 0.1) is 25.8 Å². The van der Waals surface area contributed by atoms with Gasteiger partial charge in [0, 0.05) is 25.2 Å². The zero-order valence-corrected chi connectivity index (χ0v) is 14.9. The van der Waals surface area contributed by atoms with Crippen molar-refractivity contribution in [2.75, 3.05) is 32.9 Å². The molecule has 2 saturated heterocycles. The number of likely N-dealkylation sites (tertiary alicyclic amines) is 1. The number of benzene rings is 1. The average molecular weight is 345 g/mol. The van der Waals surface area contributed by atoms with Crippen molar-refractivity contribution in [3.8, 4) is 5.75 Å². The molecule has 3 aliphatic rings. The lowest BCUT2D eigenvalue weighted by Crippen LogP contribution is -2.67. The molecule has 0 N–H and O–H groups in total. The van der Waals surface area contributed by atoms with Gasteiger partial charge in [-0.15, -0.1) is 0 Å². The summed E-state index contributed by atoms with van der Waals surface area (Å²) in [4.78, 5) is 14.6. The molecular weight excluding hydrogens is 318 g/mol. The number of rotatable bonds is 6.